The minimum absolute atomic E-state index is 0.154. The van der Waals surface area contributed by atoms with Gasteiger partial charge in [-0.2, -0.15) is 6.20 Å². The van der Waals surface area contributed by atoms with Gasteiger partial charge in [0.2, 0.25) is 0 Å². The highest BCUT2D eigenvalue weighted by atomic mass is 14.9. The molecule has 2 heteroatoms. The zero-order chi connectivity index (χ0) is 29.6. The zero-order valence-electron chi connectivity index (χ0n) is 24.8. The molecule has 0 spiro atoms. The Bertz CT molecular complexity index is 2290. The van der Waals surface area contributed by atoms with Crippen LogP contribution in [0.1, 0.15) is 18.2 Å². The number of fused-ring (bicyclic) bond motifs is 6. The monoisotopic (exact) mass is 563 g/mol. The molecule has 1 aliphatic heterocycles. The third kappa shape index (κ3) is 4.47. The van der Waals surface area contributed by atoms with E-state index in [4.69, 9.17) is 0 Å². The molecule has 1 aromatic heterocycles. The number of hydrogen-bond donors (Lipinski definition) is 0. The second kappa shape index (κ2) is 10.7. The smallest absolute Gasteiger partial charge is 0.0450 e. The molecule has 1 aliphatic rings. The van der Waals surface area contributed by atoms with Gasteiger partial charge in [-0.25, -0.2) is 0 Å². The first-order chi connectivity index (χ1) is 21.6. The van der Waals surface area contributed by atoms with Gasteiger partial charge in [0.05, 0.1) is 0 Å². The Labute approximate surface area is 258 Å². The maximum absolute atomic E-state index is 4.60. The lowest BCUT2D eigenvalue weighted by molar-refractivity contribution is 1.06. The minimum Gasteiger partial charge on any atom is -0.684 e. The van der Waals surface area contributed by atoms with Crippen LogP contribution in [0.5, 0.6) is 0 Å². The molecule has 1 atom stereocenters. The average Bonchev–Trinajstić information content (AvgIpc) is 3.08. The number of allylic oxidation sites excluding steroid dienone is 2. The number of rotatable bonds is 4. The predicted molar refractivity (Wildman–Crippen MR) is 188 cm³/mol. The van der Waals surface area contributed by atoms with E-state index in [9.17, 15) is 0 Å². The molecule has 0 radical (unpaired) electrons. The van der Waals surface area contributed by atoms with E-state index in [2.05, 4.69) is 145 Å². The minimum atomic E-state index is 0.154. The number of hydrogen-bond acceptors (Lipinski definition) is 1. The number of aryl methyl sites for hydroxylation is 1. The number of aromatic nitrogens is 1. The van der Waals surface area contributed by atoms with E-state index in [1.165, 1.54) is 76.8 Å². The van der Waals surface area contributed by atoms with Gasteiger partial charge < -0.3 is 5.32 Å². The maximum Gasteiger partial charge on any atom is 0.0450 e. The average molecular weight is 564 g/mol. The molecule has 6 aromatic carbocycles. The normalized spacial score (nSPS) is 14.6. The topological polar surface area (TPSA) is 27.0 Å². The van der Waals surface area contributed by atoms with Gasteiger partial charge in [0.25, 0.3) is 0 Å². The van der Waals surface area contributed by atoms with Crippen LogP contribution >= 0.6 is 0 Å². The molecule has 2 heterocycles. The number of nitrogens with zero attached hydrogens (tertiary/aromatic N) is 2. The molecule has 0 amide bonds. The molecule has 0 fully saturated rings. The van der Waals surface area contributed by atoms with Gasteiger partial charge >= 0.3 is 0 Å². The molecule has 0 saturated carbocycles. The van der Waals surface area contributed by atoms with Gasteiger partial charge in [0.1, 0.15) is 0 Å². The van der Waals surface area contributed by atoms with Crippen molar-refractivity contribution in [3.05, 3.63) is 162 Å². The van der Waals surface area contributed by atoms with Crippen LogP contribution in [0.15, 0.2) is 146 Å². The Balaban J connectivity index is 1.32. The van der Waals surface area contributed by atoms with Gasteiger partial charge in [-0.15, -0.1) is 0 Å². The Hall–Kier alpha value is -5.47. The summed E-state index contributed by atoms with van der Waals surface area (Å²) in [5.41, 5.74) is 10.7. The number of pyridine rings is 1. The van der Waals surface area contributed by atoms with Crippen molar-refractivity contribution < 1.29 is 0 Å². The molecule has 1 unspecified atom stereocenters. The third-order valence-electron chi connectivity index (χ3n) is 9.00. The van der Waals surface area contributed by atoms with Crippen LogP contribution in [-0.4, -0.2) is 11.0 Å². The molecule has 2 nitrogen and oxygen atoms in total. The highest BCUT2D eigenvalue weighted by Gasteiger charge is 2.13. The summed E-state index contributed by atoms with van der Waals surface area (Å²) in [6.45, 7) is 4.22. The Kier molecular flexibility index (Phi) is 6.34. The Morgan fingerprint density at radius 1 is 0.523 bits per heavy atom. The highest BCUT2D eigenvalue weighted by Crippen LogP contribution is 2.40. The van der Waals surface area contributed by atoms with E-state index in [1.54, 1.807) is 0 Å². The Morgan fingerprint density at radius 2 is 1.09 bits per heavy atom. The van der Waals surface area contributed by atoms with Gasteiger partial charge in [0.15, 0.2) is 0 Å². The van der Waals surface area contributed by atoms with Crippen LogP contribution in [0.25, 0.3) is 76.6 Å². The fraction of sp³-hybridized carbons (Fsp3) is 0.0714. The molecule has 0 saturated heterocycles. The molecule has 0 bridgehead atoms. The third-order valence-corrected chi connectivity index (χ3v) is 9.00. The molecular formula is C42H31N2-. The van der Waals surface area contributed by atoms with Crippen LogP contribution in [-0.2, 0) is 0 Å². The van der Waals surface area contributed by atoms with E-state index in [-0.39, 0.29) is 6.04 Å². The van der Waals surface area contributed by atoms with Crippen molar-refractivity contribution in [1.29, 1.82) is 0 Å². The van der Waals surface area contributed by atoms with Crippen molar-refractivity contribution in [3.63, 3.8) is 0 Å². The van der Waals surface area contributed by atoms with E-state index in [0.29, 0.717) is 0 Å². The highest BCUT2D eigenvalue weighted by molar-refractivity contribution is 6.26. The summed E-state index contributed by atoms with van der Waals surface area (Å²) < 4.78 is 0. The van der Waals surface area contributed by atoms with Crippen LogP contribution in [0.3, 0.4) is 0 Å². The fourth-order valence-electron chi connectivity index (χ4n) is 6.73. The summed E-state index contributed by atoms with van der Waals surface area (Å²) in [6.07, 6.45) is 7.96. The summed E-state index contributed by atoms with van der Waals surface area (Å²) in [4.78, 5) is 4.52. The lowest BCUT2D eigenvalue weighted by Gasteiger charge is -2.31. The van der Waals surface area contributed by atoms with Crippen LogP contribution in [0.4, 0.5) is 0 Å². The van der Waals surface area contributed by atoms with Gasteiger partial charge in [-0.05, 0) is 103 Å². The largest absolute Gasteiger partial charge is 0.684 e. The summed E-state index contributed by atoms with van der Waals surface area (Å²) in [6, 6.07) is 44.7. The summed E-state index contributed by atoms with van der Waals surface area (Å²) >= 11 is 0. The molecule has 210 valence electrons. The maximum atomic E-state index is 4.60. The molecule has 44 heavy (non-hydrogen) atoms. The first-order valence-corrected chi connectivity index (χ1v) is 15.2. The van der Waals surface area contributed by atoms with Crippen molar-refractivity contribution in [3.8, 4) is 33.4 Å². The van der Waals surface area contributed by atoms with Gasteiger partial charge in [-0.3, -0.25) is 4.98 Å². The molecule has 8 rings (SSSR count). The van der Waals surface area contributed by atoms with E-state index >= 15 is 0 Å². The van der Waals surface area contributed by atoms with E-state index < -0.39 is 0 Å². The van der Waals surface area contributed by atoms with Crippen LogP contribution in [0, 0.1) is 6.92 Å². The Morgan fingerprint density at radius 3 is 1.73 bits per heavy atom. The molecular weight excluding hydrogens is 532 g/mol. The lowest BCUT2D eigenvalue weighted by atomic mass is 9.89. The van der Waals surface area contributed by atoms with Crippen LogP contribution < -0.4 is 0 Å². The van der Waals surface area contributed by atoms with Gasteiger partial charge in [0, 0.05) is 17.5 Å². The van der Waals surface area contributed by atoms with Crippen molar-refractivity contribution in [2.75, 3.05) is 0 Å². The molecule has 0 N–H and O–H groups in total. The van der Waals surface area contributed by atoms with E-state index in [1.807, 2.05) is 24.5 Å². The van der Waals surface area contributed by atoms with Crippen LogP contribution in [0.2, 0.25) is 0 Å². The van der Waals surface area contributed by atoms with Crippen molar-refractivity contribution >= 4 is 37.9 Å². The van der Waals surface area contributed by atoms with Crippen molar-refractivity contribution in [2.45, 2.75) is 19.9 Å². The first kappa shape index (κ1) is 26.2. The van der Waals surface area contributed by atoms with Gasteiger partial charge in [-0.1, -0.05) is 122 Å². The molecule has 7 aromatic rings. The second-order valence-electron chi connectivity index (χ2n) is 11.7. The van der Waals surface area contributed by atoms with Crippen molar-refractivity contribution in [2.24, 2.45) is 0 Å². The second-order valence-corrected chi connectivity index (χ2v) is 11.7. The summed E-state index contributed by atoms with van der Waals surface area (Å²) in [7, 11) is 0. The standard InChI is InChI=1S/C42H31N2/c1-27-35(15-7-21-43-27)33-11-5-9-29(23-33)31-17-19-39-37-13-3-4-14-38(37)40-20-18-32(26-42(40)41(39)25-31)30-10-6-12-34(24-30)36-16-8-22-44-28(36)2/h3-27H,1-2H3/q-1. The van der Waals surface area contributed by atoms with Crippen molar-refractivity contribution in [1.82, 2.24) is 4.98 Å². The fourth-order valence-corrected chi connectivity index (χ4v) is 6.73. The summed E-state index contributed by atoms with van der Waals surface area (Å²) in [5, 5.41) is 12.3. The quantitative estimate of drug-likeness (QED) is 0.196. The SMILES string of the molecule is Cc1ncccc1-c1cccc(-c2ccc3c4ccccc4c4ccc(-c5cccc(C6=CC=C[N-]C6C)c5)cc4c3c2)c1. The van der Waals surface area contributed by atoms with E-state index in [0.717, 1.165) is 5.69 Å². The summed E-state index contributed by atoms with van der Waals surface area (Å²) in [5.74, 6) is 0. The first-order valence-electron chi connectivity index (χ1n) is 15.2. The zero-order valence-corrected chi connectivity index (χ0v) is 24.8. The predicted octanol–water partition coefficient (Wildman–Crippen LogP) is 11.5. The lowest BCUT2D eigenvalue weighted by Crippen LogP contribution is -2.04. The molecule has 0 aliphatic carbocycles. The number of benzene rings is 6.